The molecule has 0 spiro atoms. The minimum atomic E-state index is 0.863. The monoisotopic (exact) mass is 628 g/mol. The van der Waals surface area contributed by atoms with Crippen molar-refractivity contribution in [2.45, 2.75) is 12.8 Å². The Morgan fingerprint density at radius 2 is 1.08 bits per heavy atom. The van der Waals surface area contributed by atoms with Crippen LogP contribution in [0.5, 0.6) is 0 Å². The molecule has 0 bridgehead atoms. The van der Waals surface area contributed by atoms with Crippen molar-refractivity contribution < 1.29 is 0 Å². The molecule has 190 valence electrons. The molecule has 2 aliphatic rings. The summed E-state index contributed by atoms with van der Waals surface area (Å²) in [6.07, 6.45) is 2.16. The predicted octanol–water partition coefficient (Wildman–Crippen LogP) is 6.99. The fourth-order valence-corrected chi connectivity index (χ4v) is 6.58. The van der Waals surface area contributed by atoms with E-state index in [4.69, 9.17) is 0 Å². The molecule has 0 amide bonds. The van der Waals surface area contributed by atoms with Gasteiger partial charge in [0.15, 0.2) is 0 Å². The van der Waals surface area contributed by atoms with Crippen LogP contribution in [0.25, 0.3) is 44.2 Å². The Morgan fingerprint density at radius 3 is 1.74 bits per heavy atom. The van der Waals surface area contributed by atoms with Crippen molar-refractivity contribution in [3.8, 4) is 22.4 Å². The zero-order valence-electron chi connectivity index (χ0n) is 20.7. The fourth-order valence-electron chi connectivity index (χ4n) is 5.27. The van der Waals surface area contributed by atoms with Gasteiger partial charge in [-0.2, -0.15) is 0 Å². The normalized spacial score (nSPS) is 15.7. The van der Waals surface area contributed by atoms with Gasteiger partial charge in [0, 0.05) is 53.5 Å². The summed E-state index contributed by atoms with van der Waals surface area (Å²) in [5, 5.41) is 9.15. The third kappa shape index (κ3) is 4.16. The fraction of sp³-hybridized carbons (Fsp3) is 0.200. The van der Waals surface area contributed by atoms with Crippen molar-refractivity contribution >= 4 is 65.3 Å². The second-order valence-corrected chi connectivity index (χ2v) is 11.3. The second-order valence-electron chi connectivity index (χ2n) is 9.75. The number of hydrogen-bond acceptors (Lipinski definition) is 4. The molecule has 0 fully saturated rings. The van der Waals surface area contributed by atoms with Gasteiger partial charge >= 0.3 is 0 Å². The first-order valence-corrected chi connectivity index (χ1v) is 14.5. The number of hydrogen-bond donors (Lipinski definition) is 4. The molecule has 2 aromatic heterocycles. The summed E-state index contributed by atoms with van der Waals surface area (Å²) in [6, 6.07) is 21.8. The molecule has 3 aromatic carbocycles. The minimum absolute atomic E-state index is 0.863. The van der Waals surface area contributed by atoms with Crippen LogP contribution in [0.2, 0.25) is 0 Å². The summed E-state index contributed by atoms with van der Waals surface area (Å²) in [4.78, 5) is 16.5. The van der Waals surface area contributed by atoms with Crippen LogP contribution in [0.1, 0.15) is 24.1 Å². The van der Waals surface area contributed by atoms with Crippen molar-refractivity contribution in [3.05, 3.63) is 80.9 Å². The standard InChI is InChI=1S/C30H26Br2N6/c31-25-21-10-8-20(29-33-11-1-12-34-29)16-24(21)37-27(25)18-5-3-17(4-6-18)19-7-9-22-23(15-19)38-28(26(22)32)30-35-13-2-14-36-30/h3-10,15-16,37-38H,1-2,11-14H2,(H,33,34)(H,35,36). The Bertz CT molecular complexity index is 1740. The molecule has 0 aliphatic carbocycles. The first kappa shape index (κ1) is 23.7. The number of aromatic nitrogens is 2. The summed E-state index contributed by atoms with van der Waals surface area (Å²) in [5.41, 5.74) is 8.89. The first-order valence-electron chi connectivity index (χ1n) is 13.0. The maximum absolute atomic E-state index is 4.65. The van der Waals surface area contributed by atoms with E-state index in [1.807, 2.05) is 0 Å². The van der Waals surface area contributed by atoms with Gasteiger partial charge in [0.25, 0.3) is 0 Å². The van der Waals surface area contributed by atoms with Gasteiger partial charge in [-0.05, 0) is 73.5 Å². The van der Waals surface area contributed by atoms with E-state index in [-0.39, 0.29) is 0 Å². The molecule has 6 nitrogen and oxygen atoms in total. The highest BCUT2D eigenvalue weighted by molar-refractivity contribution is 9.11. The zero-order valence-corrected chi connectivity index (χ0v) is 23.8. The van der Waals surface area contributed by atoms with Crippen LogP contribution in [0.4, 0.5) is 0 Å². The van der Waals surface area contributed by atoms with E-state index in [0.29, 0.717) is 0 Å². The summed E-state index contributed by atoms with van der Waals surface area (Å²) < 4.78 is 2.13. The quantitative estimate of drug-likeness (QED) is 0.173. The molecule has 4 heterocycles. The Hall–Kier alpha value is -3.36. The number of rotatable bonds is 4. The Labute approximate surface area is 237 Å². The average Bonchev–Trinajstić information content (AvgIpc) is 3.49. The molecule has 0 radical (unpaired) electrons. The van der Waals surface area contributed by atoms with E-state index in [1.165, 1.54) is 16.5 Å². The molecule has 38 heavy (non-hydrogen) atoms. The van der Waals surface area contributed by atoms with Crippen molar-refractivity contribution in [2.24, 2.45) is 9.98 Å². The van der Waals surface area contributed by atoms with Crippen molar-refractivity contribution in [1.29, 1.82) is 0 Å². The number of H-pyrrole nitrogens is 2. The highest BCUT2D eigenvalue weighted by Crippen LogP contribution is 2.37. The van der Waals surface area contributed by atoms with Gasteiger partial charge in [0.2, 0.25) is 0 Å². The van der Waals surface area contributed by atoms with Crippen LogP contribution in [-0.2, 0) is 0 Å². The molecule has 0 saturated carbocycles. The summed E-state index contributed by atoms with van der Waals surface area (Å²) in [6.45, 7) is 3.68. The van der Waals surface area contributed by atoms with Crippen LogP contribution in [0.15, 0.2) is 79.6 Å². The lowest BCUT2D eigenvalue weighted by atomic mass is 10.0. The molecule has 8 heteroatoms. The molecular formula is C30H26Br2N6. The van der Waals surface area contributed by atoms with Gasteiger partial charge < -0.3 is 20.6 Å². The van der Waals surface area contributed by atoms with Gasteiger partial charge in [0.05, 0.1) is 20.3 Å². The Kier molecular flexibility index (Phi) is 6.09. The van der Waals surface area contributed by atoms with Gasteiger partial charge in [-0.1, -0.05) is 48.5 Å². The number of nitrogens with zero attached hydrogens (tertiary/aromatic N) is 2. The Balaban J connectivity index is 1.20. The lowest BCUT2D eigenvalue weighted by Crippen LogP contribution is -2.30. The highest BCUT2D eigenvalue weighted by Gasteiger charge is 2.17. The van der Waals surface area contributed by atoms with Gasteiger partial charge in [0.1, 0.15) is 11.7 Å². The largest absolute Gasteiger partial charge is 0.370 e. The van der Waals surface area contributed by atoms with Crippen molar-refractivity contribution in [3.63, 3.8) is 0 Å². The number of fused-ring (bicyclic) bond motifs is 2. The third-order valence-corrected chi connectivity index (χ3v) is 8.93. The van der Waals surface area contributed by atoms with E-state index in [1.54, 1.807) is 0 Å². The smallest absolute Gasteiger partial charge is 0.146 e. The van der Waals surface area contributed by atoms with Crippen LogP contribution < -0.4 is 10.6 Å². The van der Waals surface area contributed by atoms with Crippen LogP contribution in [0.3, 0.4) is 0 Å². The maximum Gasteiger partial charge on any atom is 0.146 e. The van der Waals surface area contributed by atoms with E-state index in [9.17, 15) is 0 Å². The number of nitrogens with one attached hydrogen (secondary N) is 4. The highest BCUT2D eigenvalue weighted by atomic mass is 79.9. The average molecular weight is 630 g/mol. The van der Waals surface area contributed by atoms with Crippen molar-refractivity contribution in [1.82, 2.24) is 20.6 Å². The van der Waals surface area contributed by atoms with Gasteiger partial charge in [-0.15, -0.1) is 0 Å². The van der Waals surface area contributed by atoms with E-state index < -0.39 is 0 Å². The topological polar surface area (TPSA) is 80.4 Å². The molecule has 0 unspecified atom stereocenters. The second kappa shape index (κ2) is 9.75. The number of halogens is 2. The molecule has 4 N–H and O–H groups in total. The van der Waals surface area contributed by atoms with E-state index >= 15 is 0 Å². The molecule has 7 rings (SSSR count). The van der Waals surface area contributed by atoms with E-state index in [2.05, 4.69) is 123 Å². The van der Waals surface area contributed by atoms with Gasteiger partial charge in [-0.25, -0.2) is 0 Å². The number of benzene rings is 3. The molecule has 5 aromatic rings. The minimum Gasteiger partial charge on any atom is -0.370 e. The zero-order chi connectivity index (χ0) is 25.6. The van der Waals surface area contributed by atoms with Gasteiger partial charge in [-0.3, -0.25) is 9.98 Å². The summed E-state index contributed by atoms with van der Waals surface area (Å²) in [7, 11) is 0. The van der Waals surface area contributed by atoms with E-state index in [0.717, 1.165) is 98.6 Å². The maximum atomic E-state index is 4.65. The molecule has 0 atom stereocenters. The number of aliphatic imine (C=N–C) groups is 2. The molecular weight excluding hydrogens is 604 g/mol. The molecule has 2 aliphatic heterocycles. The lowest BCUT2D eigenvalue weighted by molar-refractivity contribution is 0.740. The SMILES string of the molecule is Brc1c(C2=NCCCN2)[nH]c2cc(-c3ccc(-c4[nH]c5cc(C6=NCCCN6)ccc5c4Br)cc3)ccc12. The lowest BCUT2D eigenvalue weighted by Gasteiger charge is -2.14. The third-order valence-electron chi connectivity index (χ3n) is 7.28. The number of amidine groups is 2. The first-order chi connectivity index (χ1) is 18.7. The Morgan fingerprint density at radius 1 is 0.553 bits per heavy atom. The molecule has 0 saturated heterocycles. The summed E-state index contributed by atoms with van der Waals surface area (Å²) in [5.74, 6) is 1.92. The predicted molar refractivity (Wildman–Crippen MR) is 164 cm³/mol. The van der Waals surface area contributed by atoms with Crippen molar-refractivity contribution in [2.75, 3.05) is 26.2 Å². The van der Waals surface area contributed by atoms with Crippen LogP contribution >= 0.6 is 31.9 Å². The summed E-state index contributed by atoms with van der Waals surface area (Å²) >= 11 is 7.62. The van der Waals surface area contributed by atoms with Crippen LogP contribution in [-0.4, -0.2) is 47.8 Å². The van der Waals surface area contributed by atoms with Crippen LogP contribution in [0, 0.1) is 0 Å². The number of aromatic amines is 2.